The maximum absolute atomic E-state index is 11.7. The van der Waals surface area contributed by atoms with E-state index in [0.29, 0.717) is 12.8 Å². The van der Waals surface area contributed by atoms with Crippen molar-refractivity contribution in [3.8, 4) is 0 Å². The second-order valence-electron chi connectivity index (χ2n) is 2.22. The van der Waals surface area contributed by atoms with Crippen LogP contribution in [0.4, 0.5) is 8.78 Å². The van der Waals surface area contributed by atoms with E-state index in [9.17, 15) is 8.78 Å². The van der Waals surface area contributed by atoms with E-state index in [0.717, 1.165) is 6.42 Å². The number of halogens is 2. The van der Waals surface area contributed by atoms with Gasteiger partial charge in [0.15, 0.2) is 0 Å². The monoisotopic (exact) mass is 149 g/mol. The van der Waals surface area contributed by atoms with Gasteiger partial charge in [0, 0.05) is 0 Å². The van der Waals surface area contributed by atoms with Crippen molar-refractivity contribution in [2.45, 2.75) is 31.7 Å². The normalized spacial score (nSPS) is 13.6. The second kappa shape index (κ2) is 5.35. The predicted octanol–water partition coefficient (Wildman–Crippen LogP) is 1.94. The number of nitrogens with two attached hydrogens (primary N) is 1. The topological polar surface area (TPSA) is 26.0 Å². The first-order valence-electron chi connectivity index (χ1n) is 3.33. The summed E-state index contributed by atoms with van der Waals surface area (Å²) in [5.74, 6) is 0. The average Bonchev–Trinajstić information content (AvgIpc) is 1.88. The lowest BCUT2D eigenvalue weighted by atomic mass is 10.1. The Morgan fingerprint density at radius 1 is 1.50 bits per heavy atom. The van der Waals surface area contributed by atoms with Crippen LogP contribution in [0, 0.1) is 0 Å². The van der Waals surface area contributed by atoms with E-state index in [1.807, 2.05) is 0 Å². The first kappa shape index (κ1) is 9.56. The maximum Gasteiger partial charge on any atom is 0.253 e. The average molecular weight is 149 g/mol. The molecule has 0 saturated carbocycles. The fourth-order valence-corrected chi connectivity index (χ4v) is 0.624. The molecule has 0 aliphatic heterocycles. The fourth-order valence-electron chi connectivity index (χ4n) is 0.624. The summed E-state index contributed by atoms with van der Waals surface area (Å²) in [6, 6.07) is -0.958. The molecule has 0 fully saturated rings. The minimum Gasteiger partial charge on any atom is -0.323 e. The predicted molar refractivity (Wildman–Crippen MR) is 38.0 cm³/mol. The maximum atomic E-state index is 11.7. The summed E-state index contributed by atoms with van der Waals surface area (Å²) in [7, 11) is 0. The van der Waals surface area contributed by atoms with Crippen LogP contribution < -0.4 is 5.73 Å². The van der Waals surface area contributed by atoms with Crippen molar-refractivity contribution >= 4 is 0 Å². The third-order valence-corrected chi connectivity index (χ3v) is 1.27. The minimum atomic E-state index is -2.38. The van der Waals surface area contributed by atoms with E-state index in [2.05, 4.69) is 6.58 Å². The van der Waals surface area contributed by atoms with Gasteiger partial charge in [-0.25, -0.2) is 8.78 Å². The summed E-state index contributed by atoms with van der Waals surface area (Å²) in [4.78, 5) is 0. The quantitative estimate of drug-likeness (QED) is 0.469. The Bertz CT molecular complexity index is 93.6. The Balaban J connectivity index is 3.21. The van der Waals surface area contributed by atoms with Crippen LogP contribution in [-0.4, -0.2) is 12.5 Å². The van der Waals surface area contributed by atoms with E-state index in [-0.39, 0.29) is 0 Å². The standard InChI is InChI=1S/C7H13F2N/c1-2-3-4-5-6(10)7(8)9/h2,6-7H,1,3-5,10H2. The molecule has 0 bridgehead atoms. The molecule has 0 aromatic heterocycles. The van der Waals surface area contributed by atoms with Gasteiger partial charge >= 0.3 is 0 Å². The number of hydrogen-bond acceptors (Lipinski definition) is 1. The third kappa shape index (κ3) is 4.44. The van der Waals surface area contributed by atoms with Crippen molar-refractivity contribution in [2.24, 2.45) is 5.73 Å². The van der Waals surface area contributed by atoms with Gasteiger partial charge in [0.05, 0.1) is 6.04 Å². The SMILES string of the molecule is C=CCCCC(N)C(F)F. The summed E-state index contributed by atoms with van der Waals surface area (Å²) >= 11 is 0. The van der Waals surface area contributed by atoms with Gasteiger partial charge in [-0.05, 0) is 19.3 Å². The third-order valence-electron chi connectivity index (χ3n) is 1.27. The smallest absolute Gasteiger partial charge is 0.253 e. The summed E-state index contributed by atoms with van der Waals surface area (Å²) in [5, 5.41) is 0. The van der Waals surface area contributed by atoms with Gasteiger partial charge in [-0.2, -0.15) is 0 Å². The second-order valence-corrected chi connectivity index (χ2v) is 2.22. The summed E-state index contributed by atoms with van der Waals surface area (Å²) in [6.07, 6.45) is 1.17. The molecule has 10 heavy (non-hydrogen) atoms. The summed E-state index contributed by atoms with van der Waals surface area (Å²) < 4.78 is 23.4. The Hall–Kier alpha value is -0.440. The van der Waals surface area contributed by atoms with Crippen LogP contribution >= 0.6 is 0 Å². The number of alkyl halides is 2. The number of unbranched alkanes of at least 4 members (excludes halogenated alkanes) is 1. The molecule has 60 valence electrons. The molecule has 0 spiro atoms. The zero-order valence-electron chi connectivity index (χ0n) is 5.89. The first-order chi connectivity index (χ1) is 4.68. The largest absolute Gasteiger partial charge is 0.323 e. The first-order valence-corrected chi connectivity index (χ1v) is 3.33. The van der Waals surface area contributed by atoms with Gasteiger partial charge in [-0.1, -0.05) is 6.08 Å². The van der Waals surface area contributed by atoms with E-state index in [1.54, 1.807) is 6.08 Å². The molecule has 0 aliphatic rings. The zero-order chi connectivity index (χ0) is 7.98. The highest BCUT2D eigenvalue weighted by Gasteiger charge is 2.13. The molecule has 0 amide bonds. The van der Waals surface area contributed by atoms with Gasteiger partial charge in [-0.15, -0.1) is 6.58 Å². The van der Waals surface area contributed by atoms with Gasteiger partial charge in [0.2, 0.25) is 0 Å². The van der Waals surface area contributed by atoms with E-state index in [4.69, 9.17) is 5.73 Å². The van der Waals surface area contributed by atoms with E-state index >= 15 is 0 Å². The van der Waals surface area contributed by atoms with Gasteiger partial charge in [-0.3, -0.25) is 0 Å². The fraction of sp³-hybridized carbons (Fsp3) is 0.714. The molecule has 0 heterocycles. The molecule has 3 heteroatoms. The van der Waals surface area contributed by atoms with Crippen LogP contribution in [0.25, 0.3) is 0 Å². The van der Waals surface area contributed by atoms with Crippen LogP contribution in [-0.2, 0) is 0 Å². The molecule has 1 nitrogen and oxygen atoms in total. The molecule has 0 aromatic carbocycles. The lowest BCUT2D eigenvalue weighted by Crippen LogP contribution is -2.28. The molecular weight excluding hydrogens is 136 g/mol. The molecule has 0 rings (SSSR count). The highest BCUT2D eigenvalue weighted by atomic mass is 19.3. The van der Waals surface area contributed by atoms with Crippen molar-refractivity contribution in [1.29, 1.82) is 0 Å². The van der Waals surface area contributed by atoms with Crippen LogP contribution in [0.1, 0.15) is 19.3 Å². The van der Waals surface area contributed by atoms with Crippen molar-refractivity contribution in [3.05, 3.63) is 12.7 Å². The summed E-state index contributed by atoms with van der Waals surface area (Å²) in [5.41, 5.74) is 5.07. The minimum absolute atomic E-state index is 0.379. The van der Waals surface area contributed by atoms with E-state index in [1.165, 1.54) is 0 Å². The molecular formula is C7H13F2N. The Labute approximate surface area is 59.9 Å². The van der Waals surface area contributed by atoms with E-state index < -0.39 is 12.5 Å². The molecule has 1 atom stereocenters. The lowest BCUT2D eigenvalue weighted by Gasteiger charge is -2.07. The highest BCUT2D eigenvalue weighted by molar-refractivity contribution is 4.69. The molecule has 0 aliphatic carbocycles. The van der Waals surface area contributed by atoms with Crippen molar-refractivity contribution < 1.29 is 8.78 Å². The molecule has 0 aromatic rings. The Morgan fingerprint density at radius 2 is 2.10 bits per heavy atom. The van der Waals surface area contributed by atoms with Gasteiger partial charge in [0.1, 0.15) is 0 Å². The van der Waals surface area contributed by atoms with Crippen LogP contribution in [0.3, 0.4) is 0 Å². The van der Waals surface area contributed by atoms with Crippen LogP contribution in [0.2, 0.25) is 0 Å². The highest BCUT2D eigenvalue weighted by Crippen LogP contribution is 2.06. The molecule has 1 unspecified atom stereocenters. The van der Waals surface area contributed by atoms with Gasteiger partial charge < -0.3 is 5.73 Å². The number of allylic oxidation sites excluding steroid dienone is 1. The van der Waals surface area contributed by atoms with Crippen molar-refractivity contribution in [1.82, 2.24) is 0 Å². The lowest BCUT2D eigenvalue weighted by molar-refractivity contribution is 0.111. The molecule has 0 saturated heterocycles. The van der Waals surface area contributed by atoms with Crippen LogP contribution in [0.5, 0.6) is 0 Å². The molecule has 2 N–H and O–H groups in total. The van der Waals surface area contributed by atoms with Crippen LogP contribution in [0.15, 0.2) is 12.7 Å². The Morgan fingerprint density at radius 3 is 2.50 bits per heavy atom. The molecule has 0 radical (unpaired) electrons. The van der Waals surface area contributed by atoms with Gasteiger partial charge in [0.25, 0.3) is 6.43 Å². The van der Waals surface area contributed by atoms with Crippen molar-refractivity contribution in [2.75, 3.05) is 0 Å². The number of hydrogen-bond donors (Lipinski definition) is 1. The Kier molecular flexibility index (Phi) is 5.12. The summed E-state index contributed by atoms with van der Waals surface area (Å²) in [6.45, 7) is 3.47. The van der Waals surface area contributed by atoms with Crippen molar-refractivity contribution in [3.63, 3.8) is 0 Å². The zero-order valence-corrected chi connectivity index (χ0v) is 5.89. The number of rotatable bonds is 5.